The Labute approximate surface area is 72.8 Å². The molecule has 12 heavy (non-hydrogen) atoms. The Morgan fingerprint density at radius 1 is 1.33 bits per heavy atom. The van der Waals surface area contributed by atoms with Gasteiger partial charge >= 0.3 is 0 Å². The largest absolute Gasteiger partial charge is 0.613 e. The monoisotopic (exact) mass is 166 g/mol. The van der Waals surface area contributed by atoms with Crippen LogP contribution in [0.2, 0.25) is 0 Å². The Morgan fingerprint density at radius 3 is 2.42 bits per heavy atom. The molecule has 1 unspecified atom stereocenters. The standard InChI is InChI=1S/C9H14N2O/c1-10(11(2)12)8-9-6-4-3-5-7-9/h3-7,11H,8H2,1-2H3. The third-order valence-corrected chi connectivity index (χ3v) is 1.80. The molecule has 1 rings (SSSR count). The van der Waals surface area contributed by atoms with E-state index in [0.29, 0.717) is 6.54 Å². The molecule has 0 aliphatic heterocycles. The highest BCUT2D eigenvalue weighted by Crippen LogP contribution is 1.98. The Kier molecular flexibility index (Phi) is 3.22. The van der Waals surface area contributed by atoms with Crippen molar-refractivity contribution >= 4 is 0 Å². The first-order valence-corrected chi connectivity index (χ1v) is 3.96. The molecular weight excluding hydrogens is 152 g/mol. The number of nitrogens with one attached hydrogen (secondary N) is 1. The zero-order chi connectivity index (χ0) is 8.97. The van der Waals surface area contributed by atoms with Crippen molar-refractivity contribution in [2.24, 2.45) is 0 Å². The van der Waals surface area contributed by atoms with Crippen LogP contribution in [0.25, 0.3) is 0 Å². The average molecular weight is 166 g/mol. The van der Waals surface area contributed by atoms with Crippen molar-refractivity contribution in [1.82, 2.24) is 5.01 Å². The highest BCUT2D eigenvalue weighted by Gasteiger charge is 2.00. The molecule has 0 heterocycles. The smallest absolute Gasteiger partial charge is 0.0841 e. The van der Waals surface area contributed by atoms with Crippen molar-refractivity contribution in [3.8, 4) is 0 Å². The second-order valence-electron chi connectivity index (χ2n) is 2.86. The summed E-state index contributed by atoms with van der Waals surface area (Å²) < 4.78 is 0. The molecule has 66 valence electrons. The van der Waals surface area contributed by atoms with E-state index in [4.69, 9.17) is 0 Å². The first kappa shape index (κ1) is 9.19. The fourth-order valence-corrected chi connectivity index (χ4v) is 0.969. The molecular formula is C9H14N2O. The maximum Gasteiger partial charge on any atom is 0.0841 e. The molecule has 0 aliphatic carbocycles. The minimum absolute atomic E-state index is 0.0962. The van der Waals surface area contributed by atoms with Gasteiger partial charge in [0.05, 0.1) is 13.6 Å². The molecule has 1 aromatic carbocycles. The lowest BCUT2D eigenvalue weighted by molar-refractivity contribution is -0.953. The first-order chi connectivity index (χ1) is 5.70. The Hall–Kier alpha value is -0.900. The molecule has 0 aromatic heterocycles. The van der Waals surface area contributed by atoms with Gasteiger partial charge in [-0.25, -0.2) is 0 Å². The minimum Gasteiger partial charge on any atom is -0.613 e. The van der Waals surface area contributed by atoms with Gasteiger partial charge in [0, 0.05) is 7.05 Å². The van der Waals surface area contributed by atoms with Crippen molar-refractivity contribution in [3.63, 3.8) is 0 Å². The number of rotatable bonds is 3. The molecule has 0 amide bonds. The Morgan fingerprint density at radius 2 is 1.92 bits per heavy atom. The van der Waals surface area contributed by atoms with Crippen LogP contribution in [0.4, 0.5) is 0 Å². The van der Waals surface area contributed by atoms with Crippen LogP contribution >= 0.6 is 0 Å². The number of quaternary nitrogens is 1. The predicted octanol–water partition coefficient (Wildman–Crippen LogP) is 0.0459. The average Bonchev–Trinajstić information content (AvgIpc) is 2.06. The number of hydrogen-bond donors (Lipinski definition) is 1. The lowest BCUT2D eigenvalue weighted by Gasteiger charge is -2.26. The van der Waals surface area contributed by atoms with E-state index >= 15 is 0 Å². The number of nitrogens with zero attached hydrogens (tertiary/aromatic N) is 1. The van der Waals surface area contributed by atoms with Gasteiger partial charge in [-0.15, -0.1) is 0 Å². The van der Waals surface area contributed by atoms with Crippen molar-refractivity contribution in [3.05, 3.63) is 41.1 Å². The predicted molar refractivity (Wildman–Crippen MR) is 48.2 cm³/mol. The number of benzene rings is 1. The second kappa shape index (κ2) is 4.21. The van der Waals surface area contributed by atoms with E-state index in [1.54, 1.807) is 19.1 Å². The van der Waals surface area contributed by atoms with Crippen LogP contribution in [0.3, 0.4) is 0 Å². The Balaban J connectivity index is 2.53. The molecule has 0 spiro atoms. The summed E-state index contributed by atoms with van der Waals surface area (Å²) in [6.45, 7) is 0.691. The fourth-order valence-electron chi connectivity index (χ4n) is 0.969. The van der Waals surface area contributed by atoms with Gasteiger partial charge < -0.3 is 5.21 Å². The summed E-state index contributed by atoms with van der Waals surface area (Å²) in [5.41, 5.74) is 1.16. The van der Waals surface area contributed by atoms with Gasteiger partial charge in [0.25, 0.3) is 0 Å². The highest BCUT2D eigenvalue weighted by atomic mass is 16.5. The van der Waals surface area contributed by atoms with Gasteiger partial charge in [0.15, 0.2) is 0 Å². The summed E-state index contributed by atoms with van der Waals surface area (Å²) in [6, 6.07) is 9.95. The van der Waals surface area contributed by atoms with Crippen molar-refractivity contribution in [1.29, 1.82) is 0 Å². The molecule has 3 nitrogen and oxygen atoms in total. The lowest BCUT2D eigenvalue weighted by Crippen LogP contribution is -3.10. The highest BCUT2D eigenvalue weighted by molar-refractivity contribution is 5.13. The maximum atomic E-state index is 10.9. The van der Waals surface area contributed by atoms with E-state index in [1.165, 1.54) is 0 Å². The molecule has 0 radical (unpaired) electrons. The van der Waals surface area contributed by atoms with Crippen LogP contribution in [-0.4, -0.2) is 19.1 Å². The molecule has 1 N–H and O–H groups in total. The van der Waals surface area contributed by atoms with E-state index < -0.39 is 0 Å². The van der Waals surface area contributed by atoms with Gasteiger partial charge in [-0.2, -0.15) is 5.01 Å². The lowest BCUT2D eigenvalue weighted by atomic mass is 10.2. The molecule has 1 aromatic rings. The van der Waals surface area contributed by atoms with Crippen LogP contribution in [0.5, 0.6) is 0 Å². The van der Waals surface area contributed by atoms with E-state index in [9.17, 15) is 5.21 Å². The minimum atomic E-state index is 0.0962. The van der Waals surface area contributed by atoms with E-state index in [0.717, 1.165) is 5.56 Å². The van der Waals surface area contributed by atoms with Gasteiger partial charge in [0.1, 0.15) is 0 Å². The van der Waals surface area contributed by atoms with Crippen molar-refractivity contribution in [2.75, 3.05) is 14.1 Å². The molecule has 0 bridgehead atoms. The van der Waals surface area contributed by atoms with Gasteiger partial charge in [-0.1, -0.05) is 30.3 Å². The summed E-state index contributed by atoms with van der Waals surface area (Å²) in [4.78, 5) is 0. The zero-order valence-electron chi connectivity index (χ0n) is 7.45. The van der Waals surface area contributed by atoms with Crippen molar-refractivity contribution < 1.29 is 5.17 Å². The van der Waals surface area contributed by atoms with Gasteiger partial charge in [0.2, 0.25) is 0 Å². The van der Waals surface area contributed by atoms with E-state index in [1.807, 2.05) is 30.3 Å². The third-order valence-electron chi connectivity index (χ3n) is 1.80. The van der Waals surface area contributed by atoms with Crippen LogP contribution in [0.15, 0.2) is 30.3 Å². The second-order valence-corrected chi connectivity index (χ2v) is 2.86. The summed E-state index contributed by atoms with van der Waals surface area (Å²) in [6.07, 6.45) is 0. The topological polar surface area (TPSA) is 30.7 Å². The molecule has 0 saturated heterocycles. The van der Waals surface area contributed by atoms with Crippen LogP contribution in [0, 0.1) is 5.21 Å². The van der Waals surface area contributed by atoms with Gasteiger partial charge in [-0.3, -0.25) is 5.17 Å². The van der Waals surface area contributed by atoms with E-state index in [2.05, 4.69) is 0 Å². The van der Waals surface area contributed by atoms with Crippen molar-refractivity contribution in [2.45, 2.75) is 6.54 Å². The summed E-state index contributed by atoms with van der Waals surface area (Å²) in [7, 11) is 3.37. The SMILES string of the molecule is CN(Cc1ccccc1)[NH+](C)[O-]. The summed E-state index contributed by atoms with van der Waals surface area (Å²) >= 11 is 0. The normalized spacial score (nSPS) is 13.3. The quantitative estimate of drug-likeness (QED) is 0.643. The molecule has 0 saturated carbocycles. The van der Waals surface area contributed by atoms with Gasteiger partial charge in [-0.05, 0) is 5.56 Å². The van der Waals surface area contributed by atoms with E-state index in [-0.39, 0.29) is 5.17 Å². The molecule has 0 fully saturated rings. The molecule has 1 atom stereocenters. The molecule has 3 heteroatoms. The third kappa shape index (κ3) is 2.62. The van der Waals surface area contributed by atoms with Crippen LogP contribution < -0.4 is 5.17 Å². The van der Waals surface area contributed by atoms with Crippen LogP contribution in [0.1, 0.15) is 5.56 Å². The van der Waals surface area contributed by atoms with Crippen LogP contribution in [-0.2, 0) is 6.54 Å². The fraction of sp³-hybridized carbons (Fsp3) is 0.333. The molecule has 0 aliphatic rings. The first-order valence-electron chi connectivity index (χ1n) is 3.96. The summed E-state index contributed by atoms with van der Waals surface area (Å²) in [5, 5.41) is 12.7. The number of hydrogen-bond acceptors (Lipinski definition) is 2. The zero-order valence-corrected chi connectivity index (χ0v) is 7.45. The maximum absolute atomic E-state index is 10.9. The summed E-state index contributed by atoms with van der Waals surface area (Å²) in [5.74, 6) is 0. The number of hydroxylamine groups is 1. The Bertz CT molecular complexity index is 223.